The van der Waals surface area contributed by atoms with Crippen LogP contribution in [0.1, 0.15) is 24.6 Å². The maximum atomic E-state index is 11.0. The van der Waals surface area contributed by atoms with Crippen LogP contribution in [0.3, 0.4) is 0 Å². The van der Waals surface area contributed by atoms with E-state index in [4.69, 9.17) is 10.5 Å². The summed E-state index contributed by atoms with van der Waals surface area (Å²) in [6.07, 6.45) is 5.38. The van der Waals surface area contributed by atoms with Crippen LogP contribution in [0.25, 0.3) is 6.08 Å². The van der Waals surface area contributed by atoms with E-state index < -0.39 is 0 Å². The van der Waals surface area contributed by atoms with Crippen LogP contribution >= 0.6 is 0 Å². The van der Waals surface area contributed by atoms with E-state index in [0.717, 1.165) is 11.3 Å². The molecule has 2 N–H and O–H groups in total. The number of nitrogens with zero attached hydrogens (tertiary/aromatic N) is 2. The molecule has 0 atom stereocenters. The summed E-state index contributed by atoms with van der Waals surface area (Å²) in [5.74, 6) is 0.00723. The fraction of sp³-hybridized carbons (Fsp3) is 0.364. The number of hydrogen-bond acceptors (Lipinski definition) is 5. The number of aromatic nitrogens is 2. The highest BCUT2D eigenvalue weighted by molar-refractivity contribution is 5.72. The molecule has 0 unspecified atom stereocenters. The predicted octanol–water partition coefficient (Wildman–Crippen LogP) is 1.33. The molecule has 1 aromatic rings. The van der Waals surface area contributed by atoms with Gasteiger partial charge in [-0.05, 0) is 13.8 Å². The third-order valence-electron chi connectivity index (χ3n) is 1.92. The molecule has 16 heavy (non-hydrogen) atoms. The van der Waals surface area contributed by atoms with Gasteiger partial charge in [0.15, 0.2) is 0 Å². The van der Waals surface area contributed by atoms with E-state index in [2.05, 4.69) is 9.97 Å². The SMILES string of the molecule is CCOC(=O)CC=Cc1cnc(N)nc1C. The number of carbonyl (C=O) groups excluding carboxylic acids is 1. The first kappa shape index (κ1) is 12.2. The zero-order valence-corrected chi connectivity index (χ0v) is 9.43. The fourth-order valence-electron chi connectivity index (χ4n) is 1.16. The summed E-state index contributed by atoms with van der Waals surface area (Å²) in [6, 6.07) is 0. The number of carbonyl (C=O) groups is 1. The Balaban J connectivity index is 2.59. The molecule has 1 aromatic heterocycles. The van der Waals surface area contributed by atoms with Crippen LogP contribution < -0.4 is 5.73 Å². The number of esters is 1. The zero-order valence-electron chi connectivity index (χ0n) is 9.43. The Morgan fingerprint density at radius 1 is 1.62 bits per heavy atom. The molecule has 0 saturated heterocycles. The summed E-state index contributed by atoms with van der Waals surface area (Å²) in [4.78, 5) is 18.9. The van der Waals surface area contributed by atoms with Crippen molar-refractivity contribution >= 4 is 18.0 Å². The maximum Gasteiger partial charge on any atom is 0.309 e. The highest BCUT2D eigenvalue weighted by atomic mass is 16.5. The molecule has 86 valence electrons. The highest BCUT2D eigenvalue weighted by Gasteiger charge is 1.99. The third-order valence-corrected chi connectivity index (χ3v) is 1.92. The minimum atomic E-state index is -0.243. The van der Waals surface area contributed by atoms with Gasteiger partial charge in [-0.15, -0.1) is 0 Å². The molecule has 0 spiro atoms. The summed E-state index contributed by atoms with van der Waals surface area (Å²) in [7, 11) is 0. The number of aryl methyl sites for hydroxylation is 1. The van der Waals surface area contributed by atoms with Crippen molar-refractivity contribution in [1.82, 2.24) is 9.97 Å². The smallest absolute Gasteiger partial charge is 0.309 e. The summed E-state index contributed by atoms with van der Waals surface area (Å²) in [5.41, 5.74) is 7.05. The van der Waals surface area contributed by atoms with Gasteiger partial charge in [0.2, 0.25) is 5.95 Å². The topological polar surface area (TPSA) is 78.1 Å². The van der Waals surface area contributed by atoms with E-state index in [1.54, 1.807) is 25.3 Å². The predicted molar refractivity (Wildman–Crippen MR) is 61.5 cm³/mol. The monoisotopic (exact) mass is 221 g/mol. The number of hydrogen-bond donors (Lipinski definition) is 1. The lowest BCUT2D eigenvalue weighted by Crippen LogP contribution is -2.01. The van der Waals surface area contributed by atoms with Gasteiger partial charge in [-0.2, -0.15) is 0 Å². The Bertz CT molecular complexity index is 402. The molecule has 0 aromatic carbocycles. The molecule has 0 fully saturated rings. The molecule has 1 heterocycles. The van der Waals surface area contributed by atoms with Crippen molar-refractivity contribution in [3.05, 3.63) is 23.5 Å². The molecule has 0 bridgehead atoms. The second-order valence-corrected chi connectivity index (χ2v) is 3.18. The largest absolute Gasteiger partial charge is 0.466 e. The molecule has 5 nitrogen and oxygen atoms in total. The lowest BCUT2D eigenvalue weighted by atomic mass is 10.2. The molecule has 5 heteroatoms. The van der Waals surface area contributed by atoms with Gasteiger partial charge in [-0.25, -0.2) is 9.97 Å². The lowest BCUT2D eigenvalue weighted by Gasteiger charge is -2.00. The molecule has 0 aliphatic heterocycles. The van der Waals surface area contributed by atoms with Crippen molar-refractivity contribution in [3.63, 3.8) is 0 Å². The second kappa shape index (κ2) is 5.85. The molecule has 1 rings (SSSR count). The van der Waals surface area contributed by atoms with Gasteiger partial charge in [0.25, 0.3) is 0 Å². The first-order valence-corrected chi connectivity index (χ1v) is 5.04. The van der Waals surface area contributed by atoms with Crippen molar-refractivity contribution < 1.29 is 9.53 Å². The second-order valence-electron chi connectivity index (χ2n) is 3.18. The Kier molecular flexibility index (Phi) is 4.44. The number of ether oxygens (including phenoxy) is 1. The van der Waals surface area contributed by atoms with Crippen LogP contribution in [0, 0.1) is 6.92 Å². The Hall–Kier alpha value is -1.91. The van der Waals surface area contributed by atoms with Gasteiger partial charge in [0, 0.05) is 11.8 Å². The molecule has 0 radical (unpaired) electrons. The van der Waals surface area contributed by atoms with Crippen LogP contribution in [-0.4, -0.2) is 22.5 Å². The van der Waals surface area contributed by atoms with Crippen LogP contribution in [0.2, 0.25) is 0 Å². The molecule has 0 amide bonds. The van der Waals surface area contributed by atoms with Gasteiger partial charge in [-0.1, -0.05) is 12.2 Å². The molecular formula is C11H15N3O2. The van der Waals surface area contributed by atoms with Crippen LogP contribution in [0.15, 0.2) is 12.3 Å². The van der Waals surface area contributed by atoms with Crippen molar-refractivity contribution in [3.8, 4) is 0 Å². The Labute approximate surface area is 94.4 Å². The van der Waals surface area contributed by atoms with Gasteiger partial charge in [0.05, 0.1) is 18.7 Å². The van der Waals surface area contributed by atoms with Crippen molar-refractivity contribution in [2.24, 2.45) is 0 Å². The van der Waals surface area contributed by atoms with E-state index >= 15 is 0 Å². The van der Waals surface area contributed by atoms with Crippen molar-refractivity contribution in [2.45, 2.75) is 20.3 Å². The van der Waals surface area contributed by atoms with Gasteiger partial charge in [0.1, 0.15) is 0 Å². The molecular weight excluding hydrogens is 206 g/mol. The lowest BCUT2D eigenvalue weighted by molar-refractivity contribution is -0.142. The van der Waals surface area contributed by atoms with Crippen LogP contribution in [0.4, 0.5) is 5.95 Å². The number of anilines is 1. The zero-order chi connectivity index (χ0) is 12.0. The number of nitrogens with two attached hydrogens (primary N) is 1. The molecule has 0 saturated carbocycles. The summed E-state index contributed by atoms with van der Waals surface area (Å²) in [5, 5.41) is 0. The van der Waals surface area contributed by atoms with E-state index in [0.29, 0.717) is 6.61 Å². The third kappa shape index (κ3) is 3.68. The molecule has 0 aliphatic rings. The minimum Gasteiger partial charge on any atom is -0.466 e. The summed E-state index contributed by atoms with van der Waals surface area (Å²) >= 11 is 0. The molecule has 0 aliphatic carbocycles. The van der Waals surface area contributed by atoms with E-state index in [1.165, 1.54) is 0 Å². The van der Waals surface area contributed by atoms with Gasteiger partial charge >= 0.3 is 5.97 Å². The Morgan fingerprint density at radius 3 is 3.00 bits per heavy atom. The first-order chi connectivity index (χ1) is 7.63. The van der Waals surface area contributed by atoms with Crippen molar-refractivity contribution in [1.29, 1.82) is 0 Å². The maximum absolute atomic E-state index is 11.0. The summed E-state index contributed by atoms with van der Waals surface area (Å²) in [6.45, 7) is 4.01. The average molecular weight is 221 g/mol. The van der Waals surface area contributed by atoms with E-state index in [-0.39, 0.29) is 18.3 Å². The van der Waals surface area contributed by atoms with Gasteiger partial charge in [-0.3, -0.25) is 4.79 Å². The highest BCUT2D eigenvalue weighted by Crippen LogP contribution is 2.07. The summed E-state index contributed by atoms with van der Waals surface area (Å²) < 4.78 is 4.79. The minimum absolute atomic E-state index is 0.243. The number of rotatable bonds is 4. The number of nitrogen functional groups attached to an aromatic ring is 1. The Morgan fingerprint density at radius 2 is 2.38 bits per heavy atom. The fourth-order valence-corrected chi connectivity index (χ4v) is 1.16. The van der Waals surface area contributed by atoms with E-state index in [1.807, 2.05) is 6.92 Å². The normalized spacial score (nSPS) is 10.6. The van der Waals surface area contributed by atoms with Crippen LogP contribution in [-0.2, 0) is 9.53 Å². The standard InChI is InChI=1S/C11H15N3O2/c1-3-16-10(15)6-4-5-9-7-13-11(12)14-8(9)2/h4-5,7H,3,6H2,1-2H3,(H2,12,13,14). The van der Waals surface area contributed by atoms with Crippen LogP contribution in [0.5, 0.6) is 0 Å². The van der Waals surface area contributed by atoms with Crippen molar-refractivity contribution in [2.75, 3.05) is 12.3 Å². The first-order valence-electron chi connectivity index (χ1n) is 5.04. The van der Waals surface area contributed by atoms with E-state index in [9.17, 15) is 4.79 Å². The quantitative estimate of drug-likeness (QED) is 0.776. The average Bonchev–Trinajstić information content (AvgIpc) is 2.22. The van der Waals surface area contributed by atoms with Gasteiger partial charge < -0.3 is 10.5 Å².